The molecule has 0 amide bonds. The number of allylic oxidation sites excluding steroid dienone is 1. The first-order valence-corrected chi connectivity index (χ1v) is 11.5. The van der Waals surface area contributed by atoms with E-state index in [1.807, 2.05) is 30.3 Å². The zero-order valence-corrected chi connectivity index (χ0v) is 17.7. The summed E-state index contributed by atoms with van der Waals surface area (Å²) in [5.74, 6) is -0.345. The summed E-state index contributed by atoms with van der Waals surface area (Å²) in [6, 6.07) is 29.2. The van der Waals surface area contributed by atoms with E-state index in [0.717, 1.165) is 35.1 Å². The number of carbonyl (C=O) groups excluding carboxylic acids is 1. The Morgan fingerprint density at radius 3 is 1.97 bits per heavy atom. The van der Waals surface area contributed by atoms with Gasteiger partial charge in [-0.25, -0.2) is 0 Å². The molecule has 2 saturated heterocycles. The van der Waals surface area contributed by atoms with Crippen LogP contribution in [0.5, 0.6) is 0 Å². The second-order valence-electron chi connectivity index (χ2n) is 9.45. The molecule has 0 aromatic heterocycles. The standard InChI is InChI=1S/C29H24O3/c30-24-16-18-27(17-9-19-31-27)26-25(24)28(20-10-3-1-4-11-20)22-14-7-8-15-23(22)29(26,32-28)21-12-5-2-6-13-21/h1-8,10-16,18,25-26H,9,17,19H2/t25-,26-,27-,28+,29+/m1/s1. The van der Waals surface area contributed by atoms with E-state index in [1.165, 1.54) is 0 Å². The van der Waals surface area contributed by atoms with E-state index < -0.39 is 16.8 Å². The highest BCUT2D eigenvalue weighted by atomic mass is 16.6. The van der Waals surface area contributed by atoms with Crippen LogP contribution >= 0.6 is 0 Å². The Balaban J connectivity index is 1.62. The molecule has 3 nitrogen and oxygen atoms in total. The molecular formula is C29H24O3. The molecule has 7 rings (SSSR count). The zero-order valence-electron chi connectivity index (χ0n) is 17.7. The number of carbonyl (C=O) groups is 1. The summed E-state index contributed by atoms with van der Waals surface area (Å²) >= 11 is 0. The van der Waals surface area contributed by atoms with Crippen molar-refractivity contribution in [3.8, 4) is 0 Å². The van der Waals surface area contributed by atoms with Gasteiger partial charge in [-0.3, -0.25) is 4.79 Å². The average molecular weight is 421 g/mol. The van der Waals surface area contributed by atoms with Gasteiger partial charge < -0.3 is 9.47 Å². The van der Waals surface area contributed by atoms with E-state index >= 15 is 0 Å². The number of fused-ring (bicyclic) bond motifs is 9. The molecule has 3 aromatic rings. The third-order valence-corrected chi connectivity index (χ3v) is 8.11. The van der Waals surface area contributed by atoms with E-state index in [2.05, 4.69) is 60.7 Å². The van der Waals surface area contributed by atoms with E-state index in [-0.39, 0.29) is 17.6 Å². The monoisotopic (exact) mass is 420 g/mol. The molecule has 3 heteroatoms. The summed E-state index contributed by atoms with van der Waals surface area (Å²) < 4.78 is 13.9. The summed E-state index contributed by atoms with van der Waals surface area (Å²) in [7, 11) is 0. The van der Waals surface area contributed by atoms with Crippen molar-refractivity contribution in [2.45, 2.75) is 29.6 Å². The van der Waals surface area contributed by atoms with Crippen molar-refractivity contribution in [1.29, 1.82) is 0 Å². The first-order valence-electron chi connectivity index (χ1n) is 11.5. The van der Waals surface area contributed by atoms with Crippen molar-refractivity contribution in [3.05, 3.63) is 119 Å². The van der Waals surface area contributed by atoms with Gasteiger partial charge in [0, 0.05) is 12.5 Å². The van der Waals surface area contributed by atoms with Crippen LogP contribution in [0.15, 0.2) is 97.1 Å². The zero-order chi connectivity index (χ0) is 21.4. The highest BCUT2D eigenvalue weighted by Crippen LogP contribution is 2.72. The lowest BCUT2D eigenvalue weighted by atomic mass is 9.53. The van der Waals surface area contributed by atoms with Crippen LogP contribution in [-0.2, 0) is 25.5 Å². The quantitative estimate of drug-likeness (QED) is 0.576. The summed E-state index contributed by atoms with van der Waals surface area (Å²) in [6.45, 7) is 0.715. The molecule has 3 aromatic carbocycles. The van der Waals surface area contributed by atoms with Gasteiger partial charge in [-0.1, -0.05) is 84.9 Å². The van der Waals surface area contributed by atoms with Crippen LogP contribution < -0.4 is 0 Å². The molecule has 3 aliphatic heterocycles. The second kappa shape index (κ2) is 6.28. The summed E-state index contributed by atoms with van der Waals surface area (Å²) in [4.78, 5) is 13.7. The van der Waals surface area contributed by atoms with Crippen LogP contribution in [0.2, 0.25) is 0 Å². The van der Waals surface area contributed by atoms with Crippen LogP contribution in [0.25, 0.3) is 0 Å². The van der Waals surface area contributed by atoms with Gasteiger partial charge in [0.15, 0.2) is 5.78 Å². The SMILES string of the molecule is O=C1C=C[C@]2(CCCO2)[C@H]2[C@@H]1[C@@]1(c3ccccc3)O[C@@]2(c2ccccc2)c2ccccc21. The Labute approximate surface area is 187 Å². The van der Waals surface area contributed by atoms with Crippen LogP contribution in [0.4, 0.5) is 0 Å². The molecule has 4 aliphatic rings. The number of rotatable bonds is 2. The van der Waals surface area contributed by atoms with E-state index in [9.17, 15) is 4.79 Å². The molecule has 32 heavy (non-hydrogen) atoms. The highest BCUT2D eigenvalue weighted by Gasteiger charge is 2.77. The topological polar surface area (TPSA) is 35.5 Å². The molecule has 3 heterocycles. The molecule has 1 spiro atoms. The van der Waals surface area contributed by atoms with Crippen LogP contribution in [0, 0.1) is 11.8 Å². The Bertz CT molecular complexity index is 1240. The number of hydrogen-bond donors (Lipinski definition) is 0. The minimum absolute atomic E-state index is 0.132. The van der Waals surface area contributed by atoms with Crippen LogP contribution in [-0.4, -0.2) is 18.0 Å². The molecule has 2 fully saturated rings. The summed E-state index contributed by atoms with van der Waals surface area (Å²) in [5, 5.41) is 0. The lowest BCUT2D eigenvalue weighted by Crippen LogP contribution is -2.56. The highest BCUT2D eigenvalue weighted by molar-refractivity contribution is 5.96. The Morgan fingerprint density at radius 1 is 0.750 bits per heavy atom. The molecule has 2 bridgehead atoms. The number of ether oxygens (including phenoxy) is 2. The fourth-order valence-corrected chi connectivity index (χ4v) is 7.07. The average Bonchev–Trinajstić information content (AvgIpc) is 3.54. The van der Waals surface area contributed by atoms with Crippen LogP contribution in [0.1, 0.15) is 35.1 Å². The lowest BCUT2D eigenvalue weighted by Gasteiger charge is -2.49. The molecule has 0 N–H and O–H groups in total. The minimum atomic E-state index is -0.834. The van der Waals surface area contributed by atoms with Gasteiger partial charge in [0.1, 0.15) is 11.2 Å². The molecule has 0 saturated carbocycles. The second-order valence-corrected chi connectivity index (χ2v) is 9.45. The number of benzene rings is 3. The summed E-state index contributed by atoms with van der Waals surface area (Å²) in [5.41, 5.74) is 2.31. The van der Waals surface area contributed by atoms with Crippen molar-refractivity contribution in [1.82, 2.24) is 0 Å². The normalized spacial score (nSPS) is 36.4. The van der Waals surface area contributed by atoms with Gasteiger partial charge in [-0.15, -0.1) is 0 Å². The Morgan fingerprint density at radius 2 is 1.34 bits per heavy atom. The van der Waals surface area contributed by atoms with Crippen molar-refractivity contribution in [2.75, 3.05) is 6.61 Å². The van der Waals surface area contributed by atoms with Crippen molar-refractivity contribution in [3.63, 3.8) is 0 Å². The predicted molar refractivity (Wildman–Crippen MR) is 121 cm³/mol. The third kappa shape index (κ3) is 2.02. The summed E-state index contributed by atoms with van der Waals surface area (Å²) in [6.07, 6.45) is 5.71. The van der Waals surface area contributed by atoms with E-state index in [1.54, 1.807) is 6.08 Å². The van der Waals surface area contributed by atoms with Gasteiger partial charge in [-0.2, -0.15) is 0 Å². The molecule has 0 unspecified atom stereocenters. The van der Waals surface area contributed by atoms with Crippen molar-refractivity contribution < 1.29 is 14.3 Å². The first kappa shape index (κ1) is 18.6. The molecule has 5 atom stereocenters. The molecule has 1 aliphatic carbocycles. The van der Waals surface area contributed by atoms with E-state index in [4.69, 9.17) is 9.47 Å². The maximum Gasteiger partial charge on any atom is 0.162 e. The molecule has 0 radical (unpaired) electrons. The van der Waals surface area contributed by atoms with Gasteiger partial charge in [-0.05, 0) is 47.2 Å². The third-order valence-electron chi connectivity index (χ3n) is 8.11. The van der Waals surface area contributed by atoms with Crippen molar-refractivity contribution in [2.24, 2.45) is 11.8 Å². The van der Waals surface area contributed by atoms with Crippen LogP contribution in [0.3, 0.4) is 0 Å². The molecule has 158 valence electrons. The first-order chi connectivity index (χ1) is 15.7. The molecular weight excluding hydrogens is 396 g/mol. The maximum absolute atomic E-state index is 13.7. The van der Waals surface area contributed by atoms with Gasteiger partial charge in [0.25, 0.3) is 0 Å². The fraction of sp³-hybridized carbons (Fsp3) is 0.276. The Hall–Kier alpha value is -3.01. The van der Waals surface area contributed by atoms with Crippen molar-refractivity contribution >= 4 is 5.78 Å². The number of hydrogen-bond acceptors (Lipinski definition) is 3. The minimum Gasteiger partial charge on any atom is -0.370 e. The lowest BCUT2D eigenvalue weighted by molar-refractivity contribution is -0.128. The number of ketones is 1. The Kier molecular flexibility index (Phi) is 3.64. The van der Waals surface area contributed by atoms with Gasteiger partial charge in [0.05, 0.1) is 11.5 Å². The maximum atomic E-state index is 13.7. The largest absolute Gasteiger partial charge is 0.370 e. The van der Waals surface area contributed by atoms with E-state index in [0.29, 0.717) is 6.61 Å². The predicted octanol–water partition coefficient (Wildman–Crippen LogP) is 5.14. The van der Waals surface area contributed by atoms with Gasteiger partial charge in [0.2, 0.25) is 0 Å². The van der Waals surface area contributed by atoms with Gasteiger partial charge >= 0.3 is 0 Å². The fourth-order valence-electron chi connectivity index (χ4n) is 7.07. The smallest absolute Gasteiger partial charge is 0.162 e.